The average molecular weight is 416 g/mol. The van der Waals surface area contributed by atoms with Crippen LogP contribution in [0, 0.1) is 5.82 Å². The van der Waals surface area contributed by atoms with E-state index in [1.54, 1.807) is 12.3 Å². The molecule has 3 saturated carbocycles. The summed E-state index contributed by atoms with van der Waals surface area (Å²) in [6.45, 7) is -0.213. The quantitative estimate of drug-likeness (QED) is 0.681. The molecule has 0 spiro atoms. The Labute approximate surface area is 172 Å². The Morgan fingerprint density at radius 1 is 1.17 bits per heavy atom. The number of hydrogen-bond donors (Lipinski definition) is 2. The second-order valence-electron chi connectivity index (χ2n) is 7.58. The van der Waals surface area contributed by atoms with E-state index in [4.69, 9.17) is 16.3 Å². The van der Waals surface area contributed by atoms with Crippen LogP contribution in [-0.4, -0.2) is 34.5 Å². The fourth-order valence-electron chi connectivity index (χ4n) is 4.04. The molecule has 2 aromatic rings. The van der Waals surface area contributed by atoms with E-state index in [2.05, 4.69) is 15.6 Å². The van der Waals surface area contributed by atoms with Crippen molar-refractivity contribution in [2.24, 2.45) is 0 Å². The van der Waals surface area contributed by atoms with Crippen LogP contribution in [0.5, 0.6) is 5.75 Å². The highest BCUT2D eigenvalue weighted by atomic mass is 35.5. The third-order valence-electron chi connectivity index (χ3n) is 5.18. The third-order valence-corrected chi connectivity index (χ3v) is 5.48. The molecule has 1 aromatic heterocycles. The van der Waals surface area contributed by atoms with Crippen molar-refractivity contribution < 1.29 is 18.7 Å². The van der Waals surface area contributed by atoms with Crippen LogP contribution in [0.15, 0.2) is 48.7 Å². The van der Waals surface area contributed by atoms with E-state index in [0.717, 1.165) is 6.07 Å². The fraction of sp³-hybridized carbons (Fsp3) is 0.286. The lowest BCUT2D eigenvalue weighted by molar-refractivity contribution is -0.148. The van der Waals surface area contributed by atoms with Gasteiger partial charge in [-0.05, 0) is 49.6 Å². The van der Waals surface area contributed by atoms with E-state index in [9.17, 15) is 14.0 Å². The summed E-state index contributed by atoms with van der Waals surface area (Å²) in [6, 6.07) is 9.50. The van der Waals surface area contributed by atoms with Crippen LogP contribution >= 0.6 is 11.6 Å². The van der Waals surface area contributed by atoms with Crippen LogP contribution in [0.25, 0.3) is 6.08 Å². The minimum absolute atomic E-state index is 0.00195. The average Bonchev–Trinajstić information content (AvgIpc) is 2.65. The van der Waals surface area contributed by atoms with Crippen LogP contribution in [0.3, 0.4) is 0 Å². The van der Waals surface area contributed by atoms with Gasteiger partial charge in [0.1, 0.15) is 11.6 Å². The molecule has 1 heterocycles. The summed E-state index contributed by atoms with van der Waals surface area (Å²) in [5, 5.41) is 5.95. The van der Waals surface area contributed by atoms with Crippen molar-refractivity contribution in [3.05, 3.63) is 65.2 Å². The lowest BCUT2D eigenvalue weighted by atomic mass is 9.44. The molecule has 0 radical (unpaired) electrons. The SMILES string of the molecule is O=C(/C=C/c1ccccn1)NC12CC(NC(=O)COc3ccc(Cl)c(F)c3)(C1)C2. The first-order valence-corrected chi connectivity index (χ1v) is 9.55. The molecule has 0 atom stereocenters. The topological polar surface area (TPSA) is 80.3 Å². The van der Waals surface area contributed by atoms with Crippen LogP contribution in [0.4, 0.5) is 4.39 Å². The Bertz CT molecular complexity index is 961. The minimum atomic E-state index is -0.598. The maximum Gasteiger partial charge on any atom is 0.258 e. The molecule has 3 aliphatic rings. The Hall–Kier alpha value is -2.93. The summed E-state index contributed by atoms with van der Waals surface area (Å²) in [4.78, 5) is 28.4. The number of nitrogens with zero attached hydrogens (tertiary/aromatic N) is 1. The van der Waals surface area contributed by atoms with Crippen molar-refractivity contribution in [2.45, 2.75) is 30.3 Å². The van der Waals surface area contributed by atoms with Gasteiger partial charge in [-0.25, -0.2) is 4.39 Å². The minimum Gasteiger partial charge on any atom is -0.484 e. The summed E-state index contributed by atoms with van der Waals surface area (Å²) in [5.41, 5.74) is 0.174. The normalized spacial score (nSPS) is 24.3. The second-order valence-corrected chi connectivity index (χ2v) is 7.99. The number of halogens is 2. The van der Waals surface area contributed by atoms with Crippen molar-refractivity contribution >= 4 is 29.5 Å². The van der Waals surface area contributed by atoms with Gasteiger partial charge in [0.15, 0.2) is 6.61 Å². The number of rotatable bonds is 7. The molecule has 6 nitrogen and oxygen atoms in total. The monoisotopic (exact) mass is 415 g/mol. The Morgan fingerprint density at radius 3 is 2.62 bits per heavy atom. The molecule has 1 aromatic carbocycles. The van der Waals surface area contributed by atoms with Crippen LogP contribution in [0.2, 0.25) is 5.02 Å². The molecule has 3 fully saturated rings. The molecule has 2 bridgehead atoms. The van der Waals surface area contributed by atoms with Crippen molar-refractivity contribution in [3.8, 4) is 5.75 Å². The van der Waals surface area contributed by atoms with E-state index in [1.807, 2.05) is 18.2 Å². The largest absolute Gasteiger partial charge is 0.484 e. The molecule has 8 heteroatoms. The van der Waals surface area contributed by atoms with Gasteiger partial charge in [-0.2, -0.15) is 0 Å². The highest BCUT2D eigenvalue weighted by molar-refractivity contribution is 6.30. The lowest BCUT2D eigenvalue weighted by Gasteiger charge is -2.70. The summed E-state index contributed by atoms with van der Waals surface area (Å²) in [5.74, 6) is -0.819. The number of nitrogens with one attached hydrogen (secondary N) is 2. The van der Waals surface area contributed by atoms with Gasteiger partial charge in [0, 0.05) is 29.4 Å². The number of pyridine rings is 1. The fourth-order valence-corrected chi connectivity index (χ4v) is 4.16. The highest BCUT2D eigenvalue weighted by Crippen LogP contribution is 2.60. The summed E-state index contributed by atoms with van der Waals surface area (Å²) < 4.78 is 18.7. The first-order chi connectivity index (χ1) is 13.9. The molecule has 3 aliphatic carbocycles. The van der Waals surface area contributed by atoms with Crippen molar-refractivity contribution in [1.29, 1.82) is 0 Å². The standard InChI is InChI=1S/C21H19ClFN3O3/c22-16-6-5-15(9-17(16)23)29-10-19(28)26-21-11-20(12-21,13-21)25-18(27)7-4-14-3-1-2-8-24-14/h1-9H,10-13H2,(H,25,27)(H,26,28)/b7-4+. The predicted molar refractivity (Wildman–Crippen MR) is 106 cm³/mol. The van der Waals surface area contributed by atoms with E-state index < -0.39 is 5.82 Å². The van der Waals surface area contributed by atoms with Crippen LogP contribution in [0.1, 0.15) is 25.0 Å². The number of benzene rings is 1. The van der Waals surface area contributed by atoms with Gasteiger partial charge in [-0.15, -0.1) is 0 Å². The maximum absolute atomic E-state index is 13.4. The molecule has 2 amide bonds. The molecular weight excluding hydrogens is 397 g/mol. The first kappa shape index (κ1) is 19.4. The van der Waals surface area contributed by atoms with Crippen LogP contribution in [-0.2, 0) is 9.59 Å². The number of amides is 2. The zero-order valence-corrected chi connectivity index (χ0v) is 16.2. The van der Waals surface area contributed by atoms with Gasteiger partial charge in [0.2, 0.25) is 5.91 Å². The van der Waals surface area contributed by atoms with E-state index in [-0.39, 0.29) is 40.3 Å². The highest BCUT2D eigenvalue weighted by Gasteiger charge is 2.69. The maximum atomic E-state index is 13.4. The zero-order valence-electron chi connectivity index (χ0n) is 15.5. The number of ether oxygens (including phenoxy) is 1. The molecule has 0 saturated heterocycles. The van der Waals surface area contributed by atoms with Crippen molar-refractivity contribution in [2.75, 3.05) is 6.61 Å². The summed E-state index contributed by atoms with van der Waals surface area (Å²) in [6.07, 6.45) is 6.85. The molecular formula is C21H19ClFN3O3. The van der Waals surface area contributed by atoms with Gasteiger partial charge < -0.3 is 15.4 Å². The van der Waals surface area contributed by atoms with Crippen molar-refractivity contribution in [3.63, 3.8) is 0 Å². The van der Waals surface area contributed by atoms with Gasteiger partial charge in [0.25, 0.3) is 5.91 Å². The number of aromatic nitrogens is 1. The van der Waals surface area contributed by atoms with Crippen LogP contribution < -0.4 is 15.4 Å². The molecule has 0 unspecified atom stereocenters. The van der Waals surface area contributed by atoms with E-state index in [0.29, 0.717) is 25.0 Å². The Balaban J connectivity index is 1.20. The summed E-state index contributed by atoms with van der Waals surface area (Å²) >= 11 is 5.62. The molecule has 0 aliphatic heterocycles. The first-order valence-electron chi connectivity index (χ1n) is 9.17. The number of hydrogen-bond acceptors (Lipinski definition) is 4. The van der Waals surface area contributed by atoms with E-state index >= 15 is 0 Å². The Morgan fingerprint density at radius 2 is 1.93 bits per heavy atom. The summed E-state index contributed by atoms with van der Waals surface area (Å²) in [7, 11) is 0. The van der Waals surface area contributed by atoms with Gasteiger partial charge in [-0.3, -0.25) is 14.6 Å². The number of carbonyl (C=O) groups is 2. The lowest BCUT2D eigenvalue weighted by Crippen LogP contribution is -2.83. The predicted octanol–water partition coefficient (Wildman–Crippen LogP) is 2.87. The zero-order chi connectivity index (χ0) is 20.5. The van der Waals surface area contributed by atoms with E-state index in [1.165, 1.54) is 18.2 Å². The van der Waals surface area contributed by atoms with Crippen molar-refractivity contribution in [1.82, 2.24) is 15.6 Å². The molecule has 5 rings (SSSR count). The Kier molecular flexibility index (Phi) is 5.00. The molecule has 2 N–H and O–H groups in total. The van der Waals surface area contributed by atoms with Gasteiger partial charge in [-0.1, -0.05) is 17.7 Å². The second kappa shape index (κ2) is 7.48. The molecule has 29 heavy (non-hydrogen) atoms. The van der Waals surface area contributed by atoms with Gasteiger partial charge in [0.05, 0.1) is 10.7 Å². The smallest absolute Gasteiger partial charge is 0.258 e. The number of carbonyl (C=O) groups excluding carboxylic acids is 2. The molecule has 150 valence electrons. The van der Waals surface area contributed by atoms with Gasteiger partial charge >= 0.3 is 0 Å². The third kappa shape index (κ3) is 4.24.